The van der Waals surface area contributed by atoms with Crippen LogP contribution >= 0.6 is 11.3 Å². The van der Waals surface area contributed by atoms with E-state index >= 15 is 0 Å². The van der Waals surface area contributed by atoms with E-state index in [4.69, 9.17) is 4.74 Å². The van der Waals surface area contributed by atoms with Gasteiger partial charge in [-0.3, -0.25) is 10.1 Å². The van der Waals surface area contributed by atoms with E-state index in [1.807, 2.05) is 49.1 Å². The van der Waals surface area contributed by atoms with E-state index in [1.165, 1.54) is 17.9 Å². The number of nitrogens with zero attached hydrogens (tertiary/aromatic N) is 5. The van der Waals surface area contributed by atoms with Gasteiger partial charge in [-0.1, -0.05) is 18.2 Å². The number of ether oxygens (including phenoxy) is 1. The molecular weight excluding hydrogens is 452 g/mol. The fourth-order valence-corrected chi connectivity index (χ4v) is 4.57. The van der Waals surface area contributed by atoms with Crippen LogP contribution < -0.4 is 15.0 Å². The number of fused-ring (bicyclic) bond motifs is 1. The van der Waals surface area contributed by atoms with Crippen LogP contribution in [0.4, 0.5) is 23.0 Å². The van der Waals surface area contributed by atoms with Gasteiger partial charge in [0.25, 0.3) is 5.69 Å². The summed E-state index contributed by atoms with van der Waals surface area (Å²) < 4.78 is 6.73. The van der Waals surface area contributed by atoms with E-state index in [-0.39, 0.29) is 10.6 Å². The van der Waals surface area contributed by atoms with Gasteiger partial charge in [0.2, 0.25) is 5.95 Å². The number of hydrogen-bond acceptors (Lipinski definition) is 9. The quantitative estimate of drug-likeness (QED) is 0.265. The first kappa shape index (κ1) is 23.4. The average Bonchev–Trinajstić information content (AvgIpc) is 3.26. The zero-order valence-electron chi connectivity index (χ0n) is 19.5. The van der Waals surface area contributed by atoms with Crippen LogP contribution in [-0.4, -0.2) is 61.1 Å². The van der Waals surface area contributed by atoms with Gasteiger partial charge in [-0.2, -0.15) is 0 Å². The van der Waals surface area contributed by atoms with E-state index in [1.54, 1.807) is 23.6 Å². The molecular formula is C24H26N6O3S. The highest BCUT2D eigenvalue weighted by molar-refractivity contribution is 7.17. The van der Waals surface area contributed by atoms with Crippen LogP contribution in [0.5, 0.6) is 5.75 Å². The summed E-state index contributed by atoms with van der Waals surface area (Å²) in [5.74, 6) is 0.793. The van der Waals surface area contributed by atoms with Gasteiger partial charge in [0.05, 0.1) is 23.4 Å². The van der Waals surface area contributed by atoms with Crippen LogP contribution in [0.25, 0.3) is 21.3 Å². The first-order valence-corrected chi connectivity index (χ1v) is 11.5. The number of methoxy groups -OCH3 is 1. The number of nitro benzene ring substituents is 1. The maximum absolute atomic E-state index is 11.9. The fourth-order valence-electron chi connectivity index (χ4n) is 3.61. The zero-order chi connectivity index (χ0) is 24.2. The van der Waals surface area contributed by atoms with E-state index in [9.17, 15) is 10.1 Å². The Morgan fingerprint density at radius 3 is 2.68 bits per heavy atom. The Hall–Kier alpha value is -3.76. The molecule has 0 atom stereocenters. The van der Waals surface area contributed by atoms with E-state index in [2.05, 4.69) is 32.8 Å². The number of nitro groups is 1. The van der Waals surface area contributed by atoms with Gasteiger partial charge in [0, 0.05) is 59.5 Å². The third kappa shape index (κ3) is 4.92. The fraction of sp³-hybridized carbons (Fsp3) is 0.250. The summed E-state index contributed by atoms with van der Waals surface area (Å²) in [7, 11) is 7.28. The lowest BCUT2D eigenvalue weighted by molar-refractivity contribution is -0.384. The average molecular weight is 479 g/mol. The molecule has 0 spiro atoms. The van der Waals surface area contributed by atoms with Gasteiger partial charge < -0.3 is 19.9 Å². The Kier molecular flexibility index (Phi) is 6.90. The van der Waals surface area contributed by atoms with Gasteiger partial charge >= 0.3 is 0 Å². The van der Waals surface area contributed by atoms with E-state index in [0.717, 1.165) is 23.2 Å². The Morgan fingerprint density at radius 2 is 1.94 bits per heavy atom. The topological polar surface area (TPSA) is 96.7 Å². The predicted molar refractivity (Wildman–Crippen MR) is 138 cm³/mol. The summed E-state index contributed by atoms with van der Waals surface area (Å²) in [5.41, 5.74) is 2.66. The van der Waals surface area contributed by atoms with Gasteiger partial charge in [-0.25, -0.2) is 9.97 Å². The summed E-state index contributed by atoms with van der Waals surface area (Å²) in [5, 5.41) is 18.2. The first-order chi connectivity index (χ1) is 16.4. The van der Waals surface area contributed by atoms with Gasteiger partial charge in [-0.05, 0) is 26.2 Å². The zero-order valence-corrected chi connectivity index (χ0v) is 20.3. The molecule has 0 aliphatic heterocycles. The molecule has 4 rings (SSSR count). The molecule has 0 saturated carbocycles. The SMILES string of the molecule is COc1cc(N(C)CCN(C)C)c([N+](=O)[O-])cc1Nc1nccc(-c2csc3ccccc23)n1. The number of hydrogen-bond donors (Lipinski definition) is 1. The van der Waals surface area contributed by atoms with Crippen molar-refractivity contribution in [3.63, 3.8) is 0 Å². The van der Waals surface area contributed by atoms with Crippen LogP contribution in [0.1, 0.15) is 0 Å². The van der Waals surface area contributed by atoms with Crippen molar-refractivity contribution in [1.82, 2.24) is 14.9 Å². The number of benzene rings is 2. The molecule has 0 unspecified atom stereocenters. The Bertz CT molecular complexity index is 1320. The molecule has 176 valence electrons. The van der Waals surface area contributed by atoms with Crippen molar-refractivity contribution in [1.29, 1.82) is 0 Å². The maximum atomic E-state index is 11.9. The molecule has 4 aromatic rings. The lowest BCUT2D eigenvalue weighted by Crippen LogP contribution is -2.28. The van der Waals surface area contributed by atoms with Crippen molar-refractivity contribution in [2.24, 2.45) is 0 Å². The smallest absolute Gasteiger partial charge is 0.294 e. The first-order valence-electron chi connectivity index (χ1n) is 10.7. The largest absolute Gasteiger partial charge is 0.494 e. The number of anilines is 3. The molecule has 9 nitrogen and oxygen atoms in total. The van der Waals surface area contributed by atoms with Crippen LogP contribution in [0.3, 0.4) is 0 Å². The standard InChI is InChI=1S/C24H26N6O3S/c1-28(2)11-12-29(3)20-14-22(33-4)19(13-21(20)30(31)32)27-24-25-10-9-18(26-24)17-15-34-23-8-6-5-7-16(17)23/h5-10,13-15H,11-12H2,1-4H3,(H,25,26,27). The molecule has 0 fully saturated rings. The minimum Gasteiger partial charge on any atom is -0.494 e. The normalized spacial score (nSPS) is 11.1. The number of thiophene rings is 1. The second-order valence-electron chi connectivity index (χ2n) is 8.06. The lowest BCUT2D eigenvalue weighted by Gasteiger charge is -2.22. The third-order valence-corrected chi connectivity index (χ3v) is 6.41. The molecule has 10 heteroatoms. The molecule has 2 aromatic carbocycles. The Labute approximate surface area is 201 Å². The van der Waals surface area contributed by atoms with E-state index < -0.39 is 0 Å². The van der Waals surface area contributed by atoms with Crippen LogP contribution in [0.15, 0.2) is 54.0 Å². The van der Waals surface area contributed by atoms with E-state index in [0.29, 0.717) is 29.6 Å². The summed E-state index contributed by atoms with van der Waals surface area (Å²) in [4.78, 5) is 24.3. The van der Waals surface area contributed by atoms with Gasteiger partial charge in [0.1, 0.15) is 11.4 Å². The van der Waals surface area contributed by atoms with Crippen LogP contribution in [0.2, 0.25) is 0 Å². The molecule has 34 heavy (non-hydrogen) atoms. The molecule has 0 saturated heterocycles. The second-order valence-corrected chi connectivity index (χ2v) is 8.97. The number of nitrogens with one attached hydrogen (secondary N) is 1. The molecule has 0 aliphatic rings. The highest BCUT2D eigenvalue weighted by Gasteiger charge is 2.22. The lowest BCUT2D eigenvalue weighted by atomic mass is 10.1. The highest BCUT2D eigenvalue weighted by atomic mass is 32.1. The summed E-state index contributed by atoms with van der Waals surface area (Å²) in [6, 6.07) is 13.1. The molecule has 1 N–H and O–H groups in total. The molecule has 0 radical (unpaired) electrons. The predicted octanol–water partition coefficient (Wildman–Crippen LogP) is 5.02. The Balaban J connectivity index is 1.68. The minimum absolute atomic E-state index is 0.0236. The minimum atomic E-state index is -0.388. The van der Waals surface area contributed by atoms with Crippen molar-refractivity contribution in [2.45, 2.75) is 0 Å². The van der Waals surface area contributed by atoms with Crippen molar-refractivity contribution in [3.05, 3.63) is 64.2 Å². The van der Waals surface area contributed by atoms with Crippen molar-refractivity contribution < 1.29 is 9.66 Å². The number of rotatable bonds is 9. The van der Waals surface area contributed by atoms with Crippen molar-refractivity contribution in [2.75, 3.05) is 51.6 Å². The summed E-state index contributed by atoms with van der Waals surface area (Å²) >= 11 is 1.66. The van der Waals surface area contributed by atoms with Crippen LogP contribution in [-0.2, 0) is 0 Å². The molecule has 0 bridgehead atoms. The summed E-state index contributed by atoms with van der Waals surface area (Å²) in [6.07, 6.45) is 1.67. The number of likely N-dealkylation sites (N-methyl/N-ethyl adjacent to an activating group) is 2. The molecule has 2 aromatic heterocycles. The van der Waals surface area contributed by atoms with Gasteiger partial charge in [-0.15, -0.1) is 11.3 Å². The molecule has 0 aliphatic carbocycles. The maximum Gasteiger partial charge on any atom is 0.294 e. The molecule has 0 amide bonds. The van der Waals surface area contributed by atoms with Crippen molar-refractivity contribution >= 4 is 44.4 Å². The van der Waals surface area contributed by atoms with Gasteiger partial charge in [0.15, 0.2) is 0 Å². The summed E-state index contributed by atoms with van der Waals surface area (Å²) in [6.45, 7) is 1.39. The monoisotopic (exact) mass is 478 g/mol. The Morgan fingerprint density at radius 1 is 1.15 bits per heavy atom. The highest BCUT2D eigenvalue weighted by Crippen LogP contribution is 2.39. The van der Waals surface area contributed by atoms with Crippen molar-refractivity contribution in [3.8, 4) is 17.0 Å². The third-order valence-electron chi connectivity index (χ3n) is 5.45. The second kappa shape index (κ2) is 10.0. The molecule has 2 heterocycles. The van der Waals surface area contributed by atoms with Crippen LogP contribution in [0, 0.1) is 10.1 Å². The number of aromatic nitrogens is 2.